The molecule has 1 aromatic carbocycles. The molecule has 0 spiro atoms. The van der Waals surface area contributed by atoms with Crippen molar-refractivity contribution < 1.29 is 14.3 Å². The highest BCUT2D eigenvalue weighted by Crippen LogP contribution is 2.30. The van der Waals surface area contributed by atoms with Gasteiger partial charge in [-0.3, -0.25) is 4.79 Å². The second kappa shape index (κ2) is 4.61. The molecule has 2 rings (SSSR count). The Balaban J connectivity index is 2.13. The van der Waals surface area contributed by atoms with Gasteiger partial charge in [0, 0.05) is 11.1 Å². The fraction of sp³-hybridized carbons (Fsp3) is 0.250. The molecule has 1 heterocycles. The fourth-order valence-electron chi connectivity index (χ4n) is 1.35. The second-order valence-electron chi connectivity index (χ2n) is 3.65. The van der Waals surface area contributed by atoms with E-state index in [-0.39, 0.29) is 5.92 Å². The number of benzene rings is 1. The molecule has 0 saturated heterocycles. The lowest BCUT2D eigenvalue weighted by Crippen LogP contribution is -2.11. The third-order valence-electron chi connectivity index (χ3n) is 2.36. The zero-order valence-corrected chi connectivity index (χ0v) is 9.66. The number of furan rings is 1. The quantitative estimate of drug-likeness (QED) is 0.828. The molecule has 4 heteroatoms. The van der Waals surface area contributed by atoms with Crippen LogP contribution in [0.2, 0.25) is 0 Å². The molecule has 0 saturated carbocycles. The van der Waals surface area contributed by atoms with Gasteiger partial charge in [0.2, 0.25) is 0 Å². The summed E-state index contributed by atoms with van der Waals surface area (Å²) in [7, 11) is 0. The number of hydrogen-bond donors (Lipinski definition) is 1. The Morgan fingerprint density at radius 2 is 2.25 bits per heavy atom. The second-order valence-corrected chi connectivity index (χ2v) is 4.71. The SMILES string of the molecule is CC(CSc1coc2ccccc12)C(=O)O. The number of carbonyl (C=O) groups is 1. The number of carboxylic acids is 1. The zero-order valence-electron chi connectivity index (χ0n) is 8.84. The van der Waals surface area contributed by atoms with Crippen LogP contribution in [0.4, 0.5) is 0 Å². The van der Waals surface area contributed by atoms with Crippen LogP contribution in [0.5, 0.6) is 0 Å². The molecular weight excluding hydrogens is 224 g/mol. The van der Waals surface area contributed by atoms with Crippen LogP contribution in [0.1, 0.15) is 6.92 Å². The number of hydrogen-bond acceptors (Lipinski definition) is 3. The number of fused-ring (bicyclic) bond motifs is 1. The first-order valence-corrected chi connectivity index (χ1v) is 5.99. The molecule has 0 bridgehead atoms. The lowest BCUT2D eigenvalue weighted by atomic mass is 10.2. The molecule has 1 N–H and O–H groups in total. The highest BCUT2D eigenvalue weighted by Gasteiger charge is 2.13. The van der Waals surface area contributed by atoms with E-state index in [1.165, 1.54) is 11.8 Å². The van der Waals surface area contributed by atoms with Gasteiger partial charge in [-0.1, -0.05) is 19.1 Å². The molecule has 0 aliphatic heterocycles. The maximum absolute atomic E-state index is 10.7. The molecule has 0 radical (unpaired) electrons. The molecule has 0 aliphatic carbocycles. The third-order valence-corrected chi connectivity index (χ3v) is 3.65. The average Bonchev–Trinajstić information content (AvgIpc) is 2.69. The minimum Gasteiger partial charge on any atom is -0.481 e. The third kappa shape index (κ3) is 2.22. The van der Waals surface area contributed by atoms with E-state index in [4.69, 9.17) is 9.52 Å². The number of carboxylic acid groups (broad SMARTS) is 1. The predicted octanol–water partition coefficient (Wildman–Crippen LogP) is 3.25. The van der Waals surface area contributed by atoms with E-state index in [0.717, 1.165) is 15.9 Å². The zero-order chi connectivity index (χ0) is 11.5. The minimum atomic E-state index is -0.764. The number of thioether (sulfide) groups is 1. The van der Waals surface area contributed by atoms with Crippen LogP contribution < -0.4 is 0 Å². The van der Waals surface area contributed by atoms with Crippen molar-refractivity contribution in [3.63, 3.8) is 0 Å². The van der Waals surface area contributed by atoms with Gasteiger partial charge in [-0.2, -0.15) is 0 Å². The number of aliphatic carboxylic acids is 1. The molecule has 1 unspecified atom stereocenters. The summed E-state index contributed by atoms with van der Waals surface area (Å²) >= 11 is 1.52. The highest BCUT2D eigenvalue weighted by molar-refractivity contribution is 7.99. The molecule has 1 aromatic heterocycles. The number of para-hydroxylation sites is 1. The monoisotopic (exact) mass is 236 g/mol. The van der Waals surface area contributed by atoms with Gasteiger partial charge in [-0.25, -0.2) is 0 Å². The first-order chi connectivity index (χ1) is 7.68. The van der Waals surface area contributed by atoms with Gasteiger partial charge in [-0.15, -0.1) is 11.8 Å². The largest absolute Gasteiger partial charge is 0.481 e. The van der Waals surface area contributed by atoms with Gasteiger partial charge in [0.1, 0.15) is 11.8 Å². The fourth-order valence-corrected chi connectivity index (χ4v) is 2.36. The van der Waals surface area contributed by atoms with Crippen molar-refractivity contribution >= 4 is 28.7 Å². The first-order valence-electron chi connectivity index (χ1n) is 5.00. The molecular formula is C12H12O3S. The highest BCUT2D eigenvalue weighted by atomic mass is 32.2. The summed E-state index contributed by atoms with van der Waals surface area (Å²) in [5, 5.41) is 9.83. The summed E-state index contributed by atoms with van der Waals surface area (Å²) in [6, 6.07) is 7.75. The van der Waals surface area contributed by atoms with Gasteiger partial charge in [0.15, 0.2) is 0 Å². The Hall–Kier alpha value is -1.42. The Morgan fingerprint density at radius 3 is 3.00 bits per heavy atom. The van der Waals surface area contributed by atoms with Crippen LogP contribution in [0, 0.1) is 5.92 Å². The molecule has 0 fully saturated rings. The average molecular weight is 236 g/mol. The van der Waals surface area contributed by atoms with Crippen molar-refractivity contribution in [2.24, 2.45) is 5.92 Å². The smallest absolute Gasteiger partial charge is 0.307 e. The van der Waals surface area contributed by atoms with Crippen LogP contribution in [-0.2, 0) is 4.79 Å². The molecule has 16 heavy (non-hydrogen) atoms. The van der Waals surface area contributed by atoms with Crippen LogP contribution in [0.25, 0.3) is 11.0 Å². The summed E-state index contributed by atoms with van der Waals surface area (Å²) in [6.07, 6.45) is 1.68. The Labute approximate surface area is 97.4 Å². The predicted molar refractivity (Wildman–Crippen MR) is 63.7 cm³/mol. The topological polar surface area (TPSA) is 50.4 Å². The van der Waals surface area contributed by atoms with Crippen LogP contribution in [-0.4, -0.2) is 16.8 Å². The molecule has 1 atom stereocenters. The Bertz CT molecular complexity index is 504. The summed E-state index contributed by atoms with van der Waals surface area (Å²) in [4.78, 5) is 11.7. The van der Waals surface area contributed by atoms with E-state index < -0.39 is 5.97 Å². The maximum atomic E-state index is 10.7. The van der Waals surface area contributed by atoms with E-state index in [1.807, 2.05) is 24.3 Å². The van der Waals surface area contributed by atoms with Crippen molar-refractivity contribution in [2.75, 3.05) is 5.75 Å². The molecule has 0 aliphatic rings. The summed E-state index contributed by atoms with van der Waals surface area (Å²) in [5.74, 6) is -0.558. The van der Waals surface area contributed by atoms with Crippen molar-refractivity contribution in [1.29, 1.82) is 0 Å². The van der Waals surface area contributed by atoms with Gasteiger partial charge in [0.05, 0.1) is 10.8 Å². The molecule has 84 valence electrons. The van der Waals surface area contributed by atoms with E-state index in [1.54, 1.807) is 13.2 Å². The van der Waals surface area contributed by atoms with Crippen molar-refractivity contribution in [3.05, 3.63) is 30.5 Å². The summed E-state index contributed by atoms with van der Waals surface area (Å²) < 4.78 is 5.37. The van der Waals surface area contributed by atoms with Crippen LogP contribution in [0.15, 0.2) is 39.8 Å². The Morgan fingerprint density at radius 1 is 1.50 bits per heavy atom. The standard InChI is InChI=1S/C12H12O3S/c1-8(12(13)14)7-16-11-6-15-10-5-3-2-4-9(10)11/h2-6,8H,7H2,1H3,(H,13,14). The van der Waals surface area contributed by atoms with Crippen LogP contribution >= 0.6 is 11.8 Å². The van der Waals surface area contributed by atoms with E-state index in [0.29, 0.717) is 5.75 Å². The first kappa shape index (κ1) is 11.1. The lowest BCUT2D eigenvalue weighted by Gasteiger charge is -2.03. The molecule has 0 amide bonds. The van der Waals surface area contributed by atoms with Crippen LogP contribution in [0.3, 0.4) is 0 Å². The maximum Gasteiger partial charge on any atom is 0.307 e. The van der Waals surface area contributed by atoms with E-state index >= 15 is 0 Å². The van der Waals surface area contributed by atoms with E-state index in [2.05, 4.69) is 0 Å². The summed E-state index contributed by atoms with van der Waals surface area (Å²) in [6.45, 7) is 1.71. The van der Waals surface area contributed by atoms with Crippen molar-refractivity contribution in [2.45, 2.75) is 11.8 Å². The van der Waals surface area contributed by atoms with Gasteiger partial charge in [-0.05, 0) is 12.1 Å². The van der Waals surface area contributed by atoms with Gasteiger partial charge in [0.25, 0.3) is 0 Å². The number of rotatable bonds is 4. The summed E-state index contributed by atoms with van der Waals surface area (Å²) in [5.41, 5.74) is 0.841. The molecule has 2 aromatic rings. The minimum absolute atomic E-state index is 0.348. The van der Waals surface area contributed by atoms with Crippen molar-refractivity contribution in [1.82, 2.24) is 0 Å². The van der Waals surface area contributed by atoms with Gasteiger partial charge < -0.3 is 9.52 Å². The molecule has 3 nitrogen and oxygen atoms in total. The Kier molecular flexibility index (Phi) is 3.19. The van der Waals surface area contributed by atoms with E-state index in [9.17, 15) is 4.79 Å². The normalized spacial score (nSPS) is 12.8. The lowest BCUT2D eigenvalue weighted by molar-refractivity contribution is -0.140. The van der Waals surface area contributed by atoms with Gasteiger partial charge >= 0.3 is 5.97 Å². The van der Waals surface area contributed by atoms with Crippen molar-refractivity contribution in [3.8, 4) is 0 Å².